The summed E-state index contributed by atoms with van der Waals surface area (Å²) in [4.78, 5) is 0. The largest absolute Gasteiger partial charge is 0.494 e. The molecule has 0 bridgehead atoms. The number of nitrogens with one attached hydrogen (secondary N) is 1. The molecule has 1 N–H and O–H groups in total. The van der Waals surface area contributed by atoms with E-state index in [4.69, 9.17) is 4.74 Å². The van der Waals surface area contributed by atoms with Gasteiger partial charge >= 0.3 is 0 Å². The minimum atomic E-state index is -0.407. The van der Waals surface area contributed by atoms with Crippen LogP contribution < -0.4 is 10.1 Å². The van der Waals surface area contributed by atoms with Crippen molar-refractivity contribution in [1.29, 1.82) is 5.26 Å². The summed E-state index contributed by atoms with van der Waals surface area (Å²) >= 11 is 0. The van der Waals surface area contributed by atoms with Crippen molar-refractivity contribution >= 4 is 0 Å². The van der Waals surface area contributed by atoms with Crippen LogP contribution in [0.4, 0.5) is 0 Å². The number of nitriles is 1. The van der Waals surface area contributed by atoms with E-state index in [1.807, 2.05) is 19.1 Å². The molecule has 2 rings (SSSR count). The molecule has 108 valence electrons. The zero-order valence-corrected chi connectivity index (χ0v) is 12.5. The lowest BCUT2D eigenvalue weighted by Gasteiger charge is -2.23. The third-order valence-corrected chi connectivity index (χ3v) is 3.74. The average molecular weight is 272 g/mol. The zero-order valence-electron chi connectivity index (χ0n) is 12.5. The number of ether oxygens (including phenoxy) is 1. The van der Waals surface area contributed by atoms with Crippen molar-refractivity contribution in [2.45, 2.75) is 57.5 Å². The quantitative estimate of drug-likeness (QED) is 0.737. The fourth-order valence-electron chi connectivity index (χ4n) is 2.31. The average Bonchev–Trinajstić information content (AvgIpc) is 3.28. The third-order valence-electron chi connectivity index (χ3n) is 3.74. The highest BCUT2D eigenvalue weighted by Crippen LogP contribution is 2.24. The molecule has 1 aromatic rings. The predicted molar refractivity (Wildman–Crippen MR) is 80.7 cm³/mol. The van der Waals surface area contributed by atoms with Gasteiger partial charge in [0.1, 0.15) is 11.3 Å². The summed E-state index contributed by atoms with van der Waals surface area (Å²) in [5.41, 5.74) is 0.884. The van der Waals surface area contributed by atoms with Gasteiger partial charge in [-0.2, -0.15) is 5.26 Å². The van der Waals surface area contributed by atoms with Crippen LogP contribution in [0.25, 0.3) is 0 Å². The number of hydrogen-bond donors (Lipinski definition) is 1. The van der Waals surface area contributed by atoms with Gasteiger partial charge in [-0.3, -0.25) is 5.32 Å². The third kappa shape index (κ3) is 4.54. The number of rotatable bonds is 8. The minimum absolute atomic E-state index is 0.407. The van der Waals surface area contributed by atoms with Crippen molar-refractivity contribution in [3.63, 3.8) is 0 Å². The highest BCUT2D eigenvalue weighted by Gasteiger charge is 2.31. The Hall–Kier alpha value is -1.53. The number of aryl methyl sites for hydroxylation is 1. The van der Waals surface area contributed by atoms with Gasteiger partial charge in [0.15, 0.2) is 0 Å². The molecule has 3 nitrogen and oxygen atoms in total. The van der Waals surface area contributed by atoms with Gasteiger partial charge in [-0.05, 0) is 56.7 Å². The molecule has 1 saturated carbocycles. The zero-order chi connectivity index (χ0) is 14.4. The molecule has 1 aromatic carbocycles. The summed E-state index contributed by atoms with van der Waals surface area (Å²) in [6.07, 6.45) is 5.15. The van der Waals surface area contributed by atoms with Crippen molar-refractivity contribution in [2.24, 2.45) is 0 Å². The molecular weight excluding hydrogens is 248 g/mol. The highest BCUT2D eigenvalue weighted by atomic mass is 16.5. The van der Waals surface area contributed by atoms with E-state index in [1.54, 1.807) is 0 Å². The second kappa shape index (κ2) is 6.76. The molecule has 1 atom stereocenters. The standard InChI is InChI=1S/C17H24N2O/c1-3-14-6-4-7-16(12-14)20-11-5-10-17(2,13-18)19-15-8-9-15/h4,6-7,12,15,19H,3,5,8-11H2,1-2H3. The van der Waals surface area contributed by atoms with Crippen LogP contribution in [-0.4, -0.2) is 18.2 Å². The van der Waals surface area contributed by atoms with Gasteiger partial charge < -0.3 is 4.74 Å². The smallest absolute Gasteiger partial charge is 0.119 e. The van der Waals surface area contributed by atoms with E-state index in [9.17, 15) is 5.26 Å². The van der Waals surface area contributed by atoms with Gasteiger partial charge in [-0.1, -0.05) is 19.1 Å². The predicted octanol–water partition coefficient (Wildman–Crippen LogP) is 3.44. The van der Waals surface area contributed by atoms with Crippen LogP contribution in [0, 0.1) is 11.3 Å². The first-order valence-corrected chi connectivity index (χ1v) is 7.56. The molecule has 0 radical (unpaired) electrons. The van der Waals surface area contributed by atoms with Crippen molar-refractivity contribution in [1.82, 2.24) is 5.32 Å². The molecule has 0 amide bonds. The first-order valence-electron chi connectivity index (χ1n) is 7.56. The fourth-order valence-corrected chi connectivity index (χ4v) is 2.31. The number of nitrogens with zero attached hydrogens (tertiary/aromatic N) is 1. The maximum atomic E-state index is 9.29. The summed E-state index contributed by atoms with van der Waals surface area (Å²) in [6, 6.07) is 11.2. The van der Waals surface area contributed by atoms with E-state index in [0.29, 0.717) is 12.6 Å². The fraction of sp³-hybridized carbons (Fsp3) is 0.588. The highest BCUT2D eigenvalue weighted by molar-refractivity contribution is 5.28. The minimum Gasteiger partial charge on any atom is -0.494 e. The second-order valence-corrected chi connectivity index (χ2v) is 5.82. The van der Waals surface area contributed by atoms with E-state index < -0.39 is 5.54 Å². The van der Waals surface area contributed by atoms with Crippen LogP contribution in [0.3, 0.4) is 0 Å². The van der Waals surface area contributed by atoms with Crippen LogP contribution >= 0.6 is 0 Å². The van der Waals surface area contributed by atoms with Crippen molar-refractivity contribution in [2.75, 3.05) is 6.61 Å². The Balaban J connectivity index is 1.73. The number of benzene rings is 1. The van der Waals surface area contributed by atoms with Gasteiger partial charge in [0.2, 0.25) is 0 Å². The maximum absolute atomic E-state index is 9.29. The Labute approximate surface area is 121 Å². The molecule has 0 aromatic heterocycles. The molecule has 0 aliphatic heterocycles. The van der Waals surface area contributed by atoms with Crippen molar-refractivity contribution in [3.8, 4) is 11.8 Å². The number of hydrogen-bond acceptors (Lipinski definition) is 3. The van der Waals surface area contributed by atoms with Gasteiger partial charge in [0.05, 0.1) is 12.7 Å². The van der Waals surface area contributed by atoms with Crippen LogP contribution in [-0.2, 0) is 6.42 Å². The van der Waals surface area contributed by atoms with Gasteiger partial charge in [0, 0.05) is 6.04 Å². The lowest BCUT2D eigenvalue weighted by molar-refractivity contribution is 0.284. The van der Waals surface area contributed by atoms with Gasteiger partial charge in [-0.15, -0.1) is 0 Å². The first kappa shape index (κ1) is 14.9. The Kier molecular flexibility index (Phi) is 5.03. The molecule has 0 saturated heterocycles. The molecule has 1 fully saturated rings. The molecular formula is C17H24N2O. The summed E-state index contributed by atoms with van der Waals surface area (Å²) in [7, 11) is 0. The van der Waals surface area contributed by atoms with Gasteiger partial charge in [0.25, 0.3) is 0 Å². The Morgan fingerprint density at radius 3 is 2.90 bits per heavy atom. The Bertz CT molecular complexity index is 476. The molecule has 20 heavy (non-hydrogen) atoms. The van der Waals surface area contributed by atoms with Crippen LogP contribution in [0.15, 0.2) is 24.3 Å². The molecule has 0 heterocycles. The van der Waals surface area contributed by atoms with E-state index in [0.717, 1.165) is 25.0 Å². The SMILES string of the molecule is CCc1cccc(OCCCC(C)(C#N)NC2CC2)c1. The molecule has 0 spiro atoms. The molecule has 1 aliphatic rings. The van der Waals surface area contributed by atoms with Crippen molar-refractivity contribution < 1.29 is 4.74 Å². The van der Waals surface area contributed by atoms with E-state index in [2.05, 4.69) is 30.4 Å². The van der Waals surface area contributed by atoms with E-state index >= 15 is 0 Å². The van der Waals surface area contributed by atoms with E-state index in [-0.39, 0.29) is 0 Å². The topological polar surface area (TPSA) is 45.0 Å². The second-order valence-electron chi connectivity index (χ2n) is 5.82. The lowest BCUT2D eigenvalue weighted by atomic mass is 9.98. The molecule has 1 aliphatic carbocycles. The summed E-state index contributed by atoms with van der Waals surface area (Å²) in [5, 5.41) is 12.7. The van der Waals surface area contributed by atoms with Crippen molar-refractivity contribution in [3.05, 3.63) is 29.8 Å². The molecule has 3 heteroatoms. The van der Waals surface area contributed by atoms with Gasteiger partial charge in [-0.25, -0.2) is 0 Å². The lowest BCUT2D eigenvalue weighted by Crippen LogP contribution is -2.42. The monoisotopic (exact) mass is 272 g/mol. The normalized spacial score (nSPS) is 17.2. The first-order chi connectivity index (χ1) is 9.65. The van der Waals surface area contributed by atoms with Crippen LogP contribution in [0.1, 0.15) is 45.1 Å². The van der Waals surface area contributed by atoms with Crippen LogP contribution in [0.5, 0.6) is 5.75 Å². The van der Waals surface area contributed by atoms with Crippen LogP contribution in [0.2, 0.25) is 0 Å². The molecule has 1 unspecified atom stereocenters. The Morgan fingerprint density at radius 2 is 2.25 bits per heavy atom. The summed E-state index contributed by atoms with van der Waals surface area (Å²) < 4.78 is 5.77. The Morgan fingerprint density at radius 1 is 1.45 bits per heavy atom. The summed E-state index contributed by atoms with van der Waals surface area (Å²) in [5.74, 6) is 0.929. The van der Waals surface area contributed by atoms with E-state index in [1.165, 1.54) is 18.4 Å². The maximum Gasteiger partial charge on any atom is 0.119 e. The summed E-state index contributed by atoms with van der Waals surface area (Å²) in [6.45, 7) is 4.79.